The summed E-state index contributed by atoms with van der Waals surface area (Å²) >= 11 is 0. The SMILES string of the molecule is CC(=O)C(C(=O)Nc1ccccc1)=P(c1ccccc1)(c1ccccc1)c1ccccc1. The highest BCUT2D eigenvalue weighted by molar-refractivity contribution is 7.97. The van der Waals surface area contributed by atoms with Crippen molar-refractivity contribution in [3.63, 3.8) is 0 Å². The molecule has 0 aromatic heterocycles. The van der Waals surface area contributed by atoms with E-state index < -0.39 is 6.89 Å². The number of hydrogen-bond donors (Lipinski definition) is 1. The van der Waals surface area contributed by atoms with Crippen molar-refractivity contribution in [2.45, 2.75) is 6.92 Å². The number of rotatable bonds is 6. The summed E-state index contributed by atoms with van der Waals surface area (Å²) in [6.07, 6.45) is 0. The van der Waals surface area contributed by atoms with E-state index in [1.807, 2.05) is 121 Å². The molecule has 0 unspecified atom stereocenters. The number of hydrogen-bond acceptors (Lipinski definition) is 2. The van der Waals surface area contributed by atoms with E-state index in [2.05, 4.69) is 5.32 Å². The lowest BCUT2D eigenvalue weighted by Crippen LogP contribution is -2.39. The van der Waals surface area contributed by atoms with Crippen molar-refractivity contribution in [3.05, 3.63) is 121 Å². The topological polar surface area (TPSA) is 46.2 Å². The largest absolute Gasteiger partial charge is 0.322 e. The summed E-state index contributed by atoms with van der Waals surface area (Å²) < 4.78 is 0. The number of amides is 1. The van der Waals surface area contributed by atoms with Gasteiger partial charge >= 0.3 is 0 Å². The monoisotopic (exact) mass is 437 g/mol. The van der Waals surface area contributed by atoms with Gasteiger partial charge in [0.15, 0.2) is 5.78 Å². The van der Waals surface area contributed by atoms with Gasteiger partial charge in [0.2, 0.25) is 0 Å². The minimum absolute atomic E-state index is 0.233. The number of ketones is 1. The van der Waals surface area contributed by atoms with Crippen LogP contribution in [-0.2, 0) is 9.59 Å². The maximum Gasteiger partial charge on any atom is 0.260 e. The molecule has 0 saturated heterocycles. The summed E-state index contributed by atoms with van der Waals surface area (Å²) in [4.78, 5) is 27.1. The molecule has 158 valence electrons. The van der Waals surface area contributed by atoms with Gasteiger partial charge < -0.3 is 5.32 Å². The molecular weight excluding hydrogens is 413 g/mol. The van der Waals surface area contributed by atoms with E-state index in [-0.39, 0.29) is 17.0 Å². The highest BCUT2D eigenvalue weighted by atomic mass is 31.2. The van der Waals surface area contributed by atoms with Crippen molar-refractivity contribution in [1.29, 1.82) is 0 Å². The first-order valence-corrected chi connectivity index (χ1v) is 12.2. The first-order valence-electron chi connectivity index (χ1n) is 10.4. The van der Waals surface area contributed by atoms with Crippen LogP contribution in [0.4, 0.5) is 5.69 Å². The molecule has 0 spiro atoms. The molecule has 4 heteroatoms. The Morgan fingerprint density at radius 2 is 0.906 bits per heavy atom. The fourth-order valence-corrected chi connectivity index (χ4v) is 8.41. The zero-order valence-corrected chi connectivity index (χ0v) is 18.7. The Morgan fingerprint density at radius 3 is 1.25 bits per heavy atom. The van der Waals surface area contributed by atoms with Crippen LogP contribution < -0.4 is 21.2 Å². The third kappa shape index (κ3) is 4.08. The maximum atomic E-state index is 13.8. The number of carbonyl (C=O) groups is 2. The second-order valence-electron chi connectivity index (χ2n) is 7.40. The van der Waals surface area contributed by atoms with Gasteiger partial charge in [-0.25, -0.2) is 0 Å². The van der Waals surface area contributed by atoms with Crippen LogP contribution in [-0.4, -0.2) is 17.0 Å². The van der Waals surface area contributed by atoms with Crippen molar-refractivity contribution >= 4 is 45.5 Å². The predicted molar refractivity (Wildman–Crippen MR) is 136 cm³/mol. The Kier molecular flexibility index (Phi) is 6.49. The fraction of sp³-hybridized carbons (Fsp3) is 0.0357. The van der Waals surface area contributed by atoms with Gasteiger partial charge in [-0.05, 0) is 41.9 Å². The molecule has 1 amide bonds. The number of benzene rings is 4. The standard InChI is InChI=1S/C28H24NO2P/c1-22(30)27(28(31)29-23-14-6-2-7-15-23)32(24-16-8-3-9-17-24,25-18-10-4-11-19-25)26-20-12-5-13-21-26/h2-21H,1H3,(H,29,31). The van der Waals surface area contributed by atoms with Gasteiger partial charge in [-0.3, -0.25) is 9.59 Å². The molecule has 0 aliphatic heterocycles. The molecule has 4 aromatic carbocycles. The van der Waals surface area contributed by atoms with Crippen molar-refractivity contribution in [3.8, 4) is 0 Å². The molecule has 4 rings (SSSR count). The van der Waals surface area contributed by atoms with Crippen LogP contribution in [0, 0.1) is 0 Å². The van der Waals surface area contributed by atoms with Crippen LogP contribution in [0.2, 0.25) is 0 Å². The third-order valence-corrected chi connectivity index (χ3v) is 9.75. The lowest BCUT2D eigenvalue weighted by atomic mass is 10.2. The molecule has 0 aliphatic rings. The number of carbonyl (C=O) groups excluding carboxylic acids is 2. The van der Waals surface area contributed by atoms with E-state index in [1.54, 1.807) is 0 Å². The summed E-state index contributed by atoms with van der Waals surface area (Å²) in [6, 6.07) is 39.0. The minimum atomic E-state index is -2.76. The second kappa shape index (κ2) is 9.64. The van der Waals surface area contributed by atoms with Gasteiger partial charge in [-0.2, -0.15) is 0 Å². The lowest BCUT2D eigenvalue weighted by molar-refractivity contribution is -0.114. The van der Waals surface area contributed by atoms with Gasteiger partial charge in [-0.1, -0.05) is 109 Å². The molecule has 1 N–H and O–H groups in total. The molecule has 0 saturated carbocycles. The van der Waals surface area contributed by atoms with E-state index >= 15 is 0 Å². The Hall–Kier alpha value is -3.68. The summed E-state index contributed by atoms with van der Waals surface area (Å²) in [5, 5.41) is 6.14. The predicted octanol–water partition coefficient (Wildman–Crippen LogP) is 4.38. The van der Waals surface area contributed by atoms with Crippen molar-refractivity contribution in [2.75, 3.05) is 5.32 Å². The summed E-state index contributed by atoms with van der Waals surface area (Å²) in [5.41, 5.74) is 0.656. The van der Waals surface area contributed by atoms with E-state index in [4.69, 9.17) is 0 Å². The Labute approximate surface area is 188 Å². The van der Waals surface area contributed by atoms with Gasteiger partial charge in [-0.15, -0.1) is 0 Å². The Bertz CT molecular complexity index is 1160. The molecule has 0 bridgehead atoms. The quantitative estimate of drug-likeness (QED) is 0.360. The van der Waals surface area contributed by atoms with Crippen molar-refractivity contribution in [1.82, 2.24) is 0 Å². The summed E-state index contributed by atoms with van der Waals surface area (Å²) in [5.74, 6) is -0.600. The Balaban J connectivity index is 2.14. The average Bonchev–Trinajstić information content (AvgIpc) is 2.84. The number of nitrogens with one attached hydrogen (secondary N) is 1. The van der Waals surface area contributed by atoms with Crippen LogP contribution in [0.5, 0.6) is 0 Å². The second-order valence-corrected chi connectivity index (χ2v) is 10.7. The molecule has 3 nitrogen and oxygen atoms in total. The molecule has 0 radical (unpaired) electrons. The minimum Gasteiger partial charge on any atom is -0.322 e. The number of anilines is 1. The summed E-state index contributed by atoms with van der Waals surface area (Å²) in [6.45, 7) is -1.27. The van der Waals surface area contributed by atoms with Crippen molar-refractivity contribution < 1.29 is 9.59 Å². The van der Waals surface area contributed by atoms with E-state index in [9.17, 15) is 9.59 Å². The zero-order chi connectivity index (χ0) is 22.4. The molecule has 4 aromatic rings. The molecular formula is C28H24NO2P. The van der Waals surface area contributed by atoms with E-state index in [0.29, 0.717) is 5.69 Å². The summed E-state index contributed by atoms with van der Waals surface area (Å²) in [7, 11) is 0. The highest BCUT2D eigenvalue weighted by Gasteiger charge is 2.35. The van der Waals surface area contributed by atoms with Gasteiger partial charge in [0.05, 0.1) is 5.29 Å². The van der Waals surface area contributed by atoms with Crippen LogP contribution in [0.3, 0.4) is 0 Å². The van der Waals surface area contributed by atoms with E-state index in [1.165, 1.54) is 6.92 Å². The maximum absolute atomic E-state index is 13.8. The first kappa shape index (κ1) is 21.5. The zero-order valence-electron chi connectivity index (χ0n) is 17.8. The molecule has 0 fully saturated rings. The van der Waals surface area contributed by atoms with E-state index in [0.717, 1.165) is 15.9 Å². The van der Waals surface area contributed by atoms with Crippen LogP contribution in [0.25, 0.3) is 0 Å². The van der Waals surface area contributed by atoms with Gasteiger partial charge in [0.25, 0.3) is 5.91 Å². The van der Waals surface area contributed by atoms with Crippen molar-refractivity contribution in [2.24, 2.45) is 0 Å². The molecule has 0 heterocycles. The van der Waals surface area contributed by atoms with Gasteiger partial charge in [0.1, 0.15) is 0 Å². The van der Waals surface area contributed by atoms with Crippen LogP contribution >= 0.6 is 6.89 Å². The fourth-order valence-electron chi connectivity index (χ4n) is 4.05. The van der Waals surface area contributed by atoms with Gasteiger partial charge in [0, 0.05) is 5.69 Å². The first-order chi connectivity index (χ1) is 15.6. The highest BCUT2D eigenvalue weighted by Crippen LogP contribution is 2.46. The lowest BCUT2D eigenvalue weighted by Gasteiger charge is -2.31. The smallest absolute Gasteiger partial charge is 0.260 e. The average molecular weight is 437 g/mol. The van der Waals surface area contributed by atoms with Crippen LogP contribution in [0.1, 0.15) is 6.92 Å². The molecule has 0 aliphatic carbocycles. The number of para-hydroxylation sites is 1. The molecule has 32 heavy (non-hydrogen) atoms. The van der Waals surface area contributed by atoms with Crippen LogP contribution in [0.15, 0.2) is 121 Å². The number of Topliss-reactive ketones (excluding diaryl/α,β-unsaturated/α-hetero) is 1. The Morgan fingerprint density at radius 1 is 0.562 bits per heavy atom. The normalized spacial score (nSPS) is 10.9. The molecule has 0 atom stereocenters. The third-order valence-electron chi connectivity index (χ3n) is 5.35.